The molecule has 6 heteroatoms. The molecule has 1 aliphatic heterocycles. The zero-order valence-corrected chi connectivity index (χ0v) is 14.5. The molecule has 1 saturated heterocycles. The minimum absolute atomic E-state index is 0.225. The fourth-order valence-electron chi connectivity index (χ4n) is 3.14. The average molecular weight is 324 g/mol. The van der Waals surface area contributed by atoms with Crippen LogP contribution in [0.3, 0.4) is 0 Å². The molecule has 1 fully saturated rings. The van der Waals surface area contributed by atoms with E-state index in [-0.39, 0.29) is 6.61 Å². The Morgan fingerprint density at radius 1 is 1.09 bits per heavy atom. The van der Waals surface area contributed by atoms with Crippen molar-refractivity contribution in [3.63, 3.8) is 0 Å². The second-order valence-corrected chi connectivity index (χ2v) is 5.88. The molecule has 2 rings (SSSR count). The molecule has 1 unspecified atom stereocenters. The van der Waals surface area contributed by atoms with Gasteiger partial charge in [-0.15, -0.1) is 0 Å². The molecule has 0 aliphatic carbocycles. The Balaban J connectivity index is 2.16. The minimum Gasteiger partial charge on any atom is -0.493 e. The summed E-state index contributed by atoms with van der Waals surface area (Å²) in [6.45, 7) is 3.95. The molecule has 130 valence electrons. The summed E-state index contributed by atoms with van der Waals surface area (Å²) >= 11 is 0. The predicted octanol–water partition coefficient (Wildman–Crippen LogP) is 1.21. The van der Waals surface area contributed by atoms with Crippen molar-refractivity contribution in [2.24, 2.45) is 0 Å². The number of likely N-dealkylation sites (N-methyl/N-ethyl adjacent to an activating group) is 1. The molecule has 0 saturated carbocycles. The smallest absolute Gasteiger partial charge is 0.203 e. The van der Waals surface area contributed by atoms with Crippen LogP contribution in [0.25, 0.3) is 0 Å². The Labute approximate surface area is 138 Å². The Morgan fingerprint density at radius 2 is 1.83 bits per heavy atom. The molecule has 0 bridgehead atoms. The van der Waals surface area contributed by atoms with Crippen molar-refractivity contribution in [1.29, 1.82) is 0 Å². The third-order valence-electron chi connectivity index (χ3n) is 4.50. The van der Waals surface area contributed by atoms with E-state index in [4.69, 9.17) is 14.2 Å². The molecule has 1 aromatic carbocycles. The van der Waals surface area contributed by atoms with E-state index in [0.717, 1.165) is 43.9 Å². The van der Waals surface area contributed by atoms with Gasteiger partial charge in [-0.05, 0) is 19.5 Å². The topological polar surface area (TPSA) is 54.4 Å². The van der Waals surface area contributed by atoms with Crippen molar-refractivity contribution >= 4 is 0 Å². The van der Waals surface area contributed by atoms with Gasteiger partial charge < -0.3 is 24.2 Å². The third kappa shape index (κ3) is 4.07. The van der Waals surface area contributed by atoms with Crippen LogP contribution < -0.4 is 14.2 Å². The maximum Gasteiger partial charge on any atom is 0.203 e. The number of ether oxygens (including phenoxy) is 3. The van der Waals surface area contributed by atoms with Crippen molar-refractivity contribution in [3.05, 3.63) is 17.7 Å². The molecule has 0 amide bonds. The van der Waals surface area contributed by atoms with Gasteiger partial charge in [0.05, 0.1) is 21.3 Å². The second-order valence-electron chi connectivity index (χ2n) is 5.88. The lowest BCUT2D eigenvalue weighted by atomic mass is 10.1. The molecule has 1 aromatic rings. The van der Waals surface area contributed by atoms with Crippen LogP contribution in [0.15, 0.2) is 12.1 Å². The van der Waals surface area contributed by atoms with E-state index in [1.54, 1.807) is 21.3 Å². The third-order valence-corrected chi connectivity index (χ3v) is 4.50. The van der Waals surface area contributed by atoms with E-state index in [0.29, 0.717) is 17.5 Å². The highest BCUT2D eigenvalue weighted by molar-refractivity contribution is 5.55. The fraction of sp³-hybridized carbons (Fsp3) is 0.647. The van der Waals surface area contributed by atoms with Crippen LogP contribution in [-0.2, 0) is 6.54 Å². The number of piperazine rings is 1. The molecule has 0 radical (unpaired) electrons. The van der Waals surface area contributed by atoms with Crippen LogP contribution in [0.2, 0.25) is 0 Å². The highest BCUT2D eigenvalue weighted by atomic mass is 16.5. The second kappa shape index (κ2) is 8.38. The zero-order chi connectivity index (χ0) is 16.8. The summed E-state index contributed by atoms with van der Waals surface area (Å²) in [6.07, 6.45) is 0.802. The lowest BCUT2D eigenvalue weighted by molar-refractivity contribution is 0.0737. The Kier molecular flexibility index (Phi) is 6.50. The van der Waals surface area contributed by atoms with Crippen LogP contribution in [0.1, 0.15) is 12.0 Å². The summed E-state index contributed by atoms with van der Waals surface area (Å²) in [5.74, 6) is 2.03. The van der Waals surface area contributed by atoms with Gasteiger partial charge >= 0.3 is 0 Å². The van der Waals surface area contributed by atoms with E-state index in [9.17, 15) is 5.11 Å². The van der Waals surface area contributed by atoms with Crippen LogP contribution in [0, 0.1) is 0 Å². The Morgan fingerprint density at radius 3 is 2.43 bits per heavy atom. The van der Waals surface area contributed by atoms with Gasteiger partial charge in [0.2, 0.25) is 5.75 Å². The molecular formula is C17H28N2O4. The zero-order valence-electron chi connectivity index (χ0n) is 14.5. The minimum atomic E-state index is 0.225. The summed E-state index contributed by atoms with van der Waals surface area (Å²) in [4.78, 5) is 4.71. The van der Waals surface area contributed by atoms with Crippen molar-refractivity contribution in [1.82, 2.24) is 9.80 Å². The fourth-order valence-corrected chi connectivity index (χ4v) is 3.14. The van der Waals surface area contributed by atoms with E-state index in [1.165, 1.54) is 0 Å². The molecule has 6 nitrogen and oxygen atoms in total. The van der Waals surface area contributed by atoms with Gasteiger partial charge in [-0.2, -0.15) is 0 Å². The maximum atomic E-state index is 9.22. The van der Waals surface area contributed by atoms with Gasteiger partial charge in [0.15, 0.2) is 11.5 Å². The van der Waals surface area contributed by atoms with Gasteiger partial charge in [-0.3, -0.25) is 4.90 Å². The van der Waals surface area contributed by atoms with Gasteiger partial charge in [0.25, 0.3) is 0 Å². The van der Waals surface area contributed by atoms with E-state index < -0.39 is 0 Å². The molecule has 1 aliphatic rings. The van der Waals surface area contributed by atoms with E-state index in [2.05, 4.69) is 16.8 Å². The largest absolute Gasteiger partial charge is 0.493 e. The molecule has 1 heterocycles. The molecule has 23 heavy (non-hydrogen) atoms. The highest BCUT2D eigenvalue weighted by Gasteiger charge is 2.25. The van der Waals surface area contributed by atoms with Crippen molar-refractivity contribution in [2.45, 2.75) is 19.0 Å². The Hall–Kier alpha value is -1.50. The average Bonchev–Trinajstić information content (AvgIpc) is 2.57. The molecule has 1 atom stereocenters. The van der Waals surface area contributed by atoms with Gasteiger partial charge in [0.1, 0.15) is 0 Å². The number of benzene rings is 1. The number of rotatable bonds is 7. The number of hydrogen-bond donors (Lipinski definition) is 1. The van der Waals surface area contributed by atoms with Gasteiger partial charge in [0, 0.05) is 44.4 Å². The lowest BCUT2D eigenvalue weighted by Gasteiger charge is -2.39. The normalized spacial score (nSPS) is 19.6. The Bertz CT molecular complexity index is 510. The van der Waals surface area contributed by atoms with Crippen molar-refractivity contribution < 1.29 is 19.3 Å². The summed E-state index contributed by atoms with van der Waals surface area (Å²) in [7, 11) is 7.02. The molecule has 1 N–H and O–H groups in total. The predicted molar refractivity (Wildman–Crippen MR) is 89.5 cm³/mol. The van der Waals surface area contributed by atoms with Crippen LogP contribution in [-0.4, -0.2) is 75.6 Å². The number of aliphatic hydroxyl groups excluding tert-OH is 1. The van der Waals surface area contributed by atoms with Crippen LogP contribution in [0.4, 0.5) is 0 Å². The van der Waals surface area contributed by atoms with Gasteiger partial charge in [-0.1, -0.05) is 6.07 Å². The first-order chi connectivity index (χ1) is 11.1. The summed E-state index contributed by atoms with van der Waals surface area (Å²) in [5.41, 5.74) is 1.08. The lowest BCUT2D eigenvalue weighted by Crippen LogP contribution is -2.51. The number of nitrogens with zero attached hydrogens (tertiary/aromatic N) is 2. The molecule has 0 spiro atoms. The SMILES string of the molecule is COc1ccc(CN2CCN(C)C(CCO)C2)c(OC)c1OC. The summed E-state index contributed by atoms with van der Waals surface area (Å²) in [6, 6.07) is 4.33. The summed E-state index contributed by atoms with van der Waals surface area (Å²) in [5, 5.41) is 9.22. The number of aliphatic hydroxyl groups is 1. The van der Waals surface area contributed by atoms with Gasteiger partial charge in [-0.25, -0.2) is 0 Å². The highest BCUT2D eigenvalue weighted by Crippen LogP contribution is 2.40. The summed E-state index contributed by atoms with van der Waals surface area (Å²) < 4.78 is 16.4. The number of hydrogen-bond acceptors (Lipinski definition) is 6. The van der Waals surface area contributed by atoms with Crippen molar-refractivity contribution in [2.75, 3.05) is 54.6 Å². The first-order valence-electron chi connectivity index (χ1n) is 7.95. The first-order valence-corrected chi connectivity index (χ1v) is 7.95. The van der Waals surface area contributed by atoms with Crippen LogP contribution in [0.5, 0.6) is 17.2 Å². The quantitative estimate of drug-likeness (QED) is 0.814. The van der Waals surface area contributed by atoms with E-state index >= 15 is 0 Å². The monoisotopic (exact) mass is 324 g/mol. The molecule has 0 aromatic heterocycles. The van der Waals surface area contributed by atoms with Crippen molar-refractivity contribution in [3.8, 4) is 17.2 Å². The number of methoxy groups -OCH3 is 3. The molecular weight excluding hydrogens is 296 g/mol. The van der Waals surface area contributed by atoms with E-state index in [1.807, 2.05) is 12.1 Å². The standard InChI is InChI=1S/C17H28N2O4/c1-18-8-9-19(12-14(18)7-10-20)11-13-5-6-15(21-2)17(23-4)16(13)22-3/h5-6,14,20H,7-12H2,1-4H3. The maximum absolute atomic E-state index is 9.22. The van der Waals surface area contributed by atoms with Crippen LogP contribution >= 0.6 is 0 Å². The first kappa shape index (κ1) is 17.8.